The topological polar surface area (TPSA) is 70.7 Å². The largest absolute Gasteiger partial charge is 0.352 e. The highest BCUT2D eigenvalue weighted by Crippen LogP contribution is 1.88. The second kappa shape index (κ2) is 3.92. The van der Waals surface area contributed by atoms with Crippen molar-refractivity contribution >= 4 is 18.3 Å². The molecular weight excluding hydrogens is 168 g/mol. The molecule has 1 rings (SSSR count). The molecule has 1 aromatic rings. The third-order valence-electron chi connectivity index (χ3n) is 1.03. The fraction of sp³-hybridized carbons (Fsp3) is 0.400. The van der Waals surface area contributed by atoms with Crippen molar-refractivity contribution in [1.82, 2.24) is 20.5 Å². The Bertz CT molecular complexity index is 246. The van der Waals surface area contributed by atoms with Crippen LogP contribution in [0.5, 0.6) is 0 Å². The van der Waals surface area contributed by atoms with Gasteiger partial charge in [-0.05, 0) is 6.92 Å². The Morgan fingerprint density at radius 2 is 2.27 bits per heavy atom. The SMILES string of the molecule is CNC(=O)c1n[nH]c(C)n1.Cl. The van der Waals surface area contributed by atoms with Gasteiger partial charge in [0.15, 0.2) is 0 Å². The van der Waals surface area contributed by atoms with Gasteiger partial charge in [0.2, 0.25) is 5.82 Å². The van der Waals surface area contributed by atoms with Crippen LogP contribution in [0, 0.1) is 6.92 Å². The maximum Gasteiger partial charge on any atom is 0.290 e. The molecule has 0 unspecified atom stereocenters. The molecule has 11 heavy (non-hydrogen) atoms. The van der Waals surface area contributed by atoms with Crippen molar-refractivity contribution in [2.24, 2.45) is 0 Å². The van der Waals surface area contributed by atoms with E-state index in [1.165, 1.54) is 7.05 Å². The van der Waals surface area contributed by atoms with Crippen LogP contribution in [0.15, 0.2) is 0 Å². The Morgan fingerprint density at radius 3 is 2.64 bits per heavy atom. The first-order valence-electron chi connectivity index (χ1n) is 2.85. The summed E-state index contributed by atoms with van der Waals surface area (Å²) < 4.78 is 0. The molecule has 0 aliphatic carbocycles. The number of amides is 1. The van der Waals surface area contributed by atoms with Gasteiger partial charge in [0.05, 0.1) is 0 Å². The molecule has 0 saturated carbocycles. The van der Waals surface area contributed by atoms with Gasteiger partial charge in [-0.3, -0.25) is 9.89 Å². The third kappa shape index (κ3) is 2.19. The molecule has 0 fully saturated rings. The van der Waals surface area contributed by atoms with E-state index in [1.807, 2.05) is 0 Å². The van der Waals surface area contributed by atoms with Gasteiger partial charge in [-0.2, -0.15) is 0 Å². The van der Waals surface area contributed by atoms with E-state index in [4.69, 9.17) is 0 Å². The van der Waals surface area contributed by atoms with E-state index in [-0.39, 0.29) is 24.1 Å². The number of hydrogen-bond acceptors (Lipinski definition) is 3. The summed E-state index contributed by atoms with van der Waals surface area (Å²) in [6, 6.07) is 0. The van der Waals surface area contributed by atoms with Gasteiger partial charge in [-0.1, -0.05) is 0 Å². The van der Waals surface area contributed by atoms with E-state index < -0.39 is 0 Å². The first-order chi connectivity index (χ1) is 4.74. The monoisotopic (exact) mass is 176 g/mol. The zero-order valence-electron chi connectivity index (χ0n) is 6.21. The van der Waals surface area contributed by atoms with Crippen molar-refractivity contribution in [3.63, 3.8) is 0 Å². The predicted octanol–water partition coefficient (Wildman–Crippen LogP) is -0.105. The quantitative estimate of drug-likeness (QED) is 0.628. The van der Waals surface area contributed by atoms with E-state index in [0.717, 1.165) is 0 Å². The van der Waals surface area contributed by atoms with Crippen molar-refractivity contribution in [3.05, 3.63) is 11.6 Å². The van der Waals surface area contributed by atoms with E-state index in [0.29, 0.717) is 5.82 Å². The molecule has 0 spiro atoms. The van der Waals surface area contributed by atoms with Gasteiger partial charge in [0, 0.05) is 7.05 Å². The predicted molar refractivity (Wildman–Crippen MR) is 41.8 cm³/mol. The highest BCUT2D eigenvalue weighted by molar-refractivity contribution is 5.89. The van der Waals surface area contributed by atoms with Crippen molar-refractivity contribution in [1.29, 1.82) is 0 Å². The van der Waals surface area contributed by atoms with Crippen molar-refractivity contribution in [3.8, 4) is 0 Å². The first-order valence-corrected chi connectivity index (χ1v) is 2.85. The molecule has 62 valence electrons. The molecule has 1 amide bonds. The van der Waals surface area contributed by atoms with Crippen LogP contribution in [0.1, 0.15) is 16.4 Å². The number of carbonyl (C=O) groups is 1. The van der Waals surface area contributed by atoms with E-state index >= 15 is 0 Å². The average molecular weight is 177 g/mol. The summed E-state index contributed by atoms with van der Waals surface area (Å²) in [7, 11) is 1.54. The van der Waals surface area contributed by atoms with Crippen LogP contribution in [0.2, 0.25) is 0 Å². The summed E-state index contributed by atoms with van der Waals surface area (Å²) in [5.41, 5.74) is 0. The lowest BCUT2D eigenvalue weighted by atomic mass is 10.6. The van der Waals surface area contributed by atoms with Gasteiger partial charge >= 0.3 is 0 Å². The Kier molecular flexibility index (Phi) is 3.53. The number of rotatable bonds is 1. The maximum atomic E-state index is 10.8. The summed E-state index contributed by atoms with van der Waals surface area (Å²) in [5.74, 6) is 0.544. The lowest BCUT2D eigenvalue weighted by Gasteiger charge is -1.88. The number of H-pyrrole nitrogens is 1. The van der Waals surface area contributed by atoms with Crippen LogP contribution in [0.4, 0.5) is 0 Å². The van der Waals surface area contributed by atoms with Crippen LogP contribution in [0.25, 0.3) is 0 Å². The number of hydrogen-bond donors (Lipinski definition) is 2. The van der Waals surface area contributed by atoms with Gasteiger partial charge in [0.25, 0.3) is 5.91 Å². The zero-order chi connectivity index (χ0) is 7.56. The molecule has 6 heteroatoms. The highest BCUT2D eigenvalue weighted by Gasteiger charge is 2.06. The lowest BCUT2D eigenvalue weighted by Crippen LogP contribution is -2.19. The van der Waals surface area contributed by atoms with Crippen molar-refractivity contribution in [2.75, 3.05) is 7.05 Å². The smallest absolute Gasteiger partial charge is 0.290 e. The summed E-state index contributed by atoms with van der Waals surface area (Å²) in [6.45, 7) is 1.74. The summed E-state index contributed by atoms with van der Waals surface area (Å²) >= 11 is 0. The highest BCUT2D eigenvalue weighted by atomic mass is 35.5. The molecule has 0 aliphatic rings. The Balaban J connectivity index is 0.000001000. The van der Waals surface area contributed by atoms with Crippen LogP contribution in [-0.4, -0.2) is 28.1 Å². The Labute approximate surface area is 70.0 Å². The fourth-order valence-electron chi connectivity index (χ4n) is 0.556. The van der Waals surface area contributed by atoms with Gasteiger partial charge in [-0.15, -0.1) is 17.5 Å². The molecule has 1 heterocycles. The van der Waals surface area contributed by atoms with Crippen LogP contribution in [0.3, 0.4) is 0 Å². The van der Waals surface area contributed by atoms with E-state index in [9.17, 15) is 4.79 Å². The minimum absolute atomic E-state index is 0. The maximum absolute atomic E-state index is 10.8. The molecule has 5 nitrogen and oxygen atoms in total. The molecule has 0 aliphatic heterocycles. The average Bonchev–Trinajstić information content (AvgIpc) is 2.34. The summed E-state index contributed by atoms with van der Waals surface area (Å²) in [5, 5.41) is 8.61. The molecule has 0 saturated heterocycles. The fourth-order valence-corrected chi connectivity index (χ4v) is 0.556. The number of halogens is 1. The van der Waals surface area contributed by atoms with E-state index in [2.05, 4.69) is 20.5 Å². The summed E-state index contributed by atoms with van der Waals surface area (Å²) in [4.78, 5) is 14.6. The molecule has 0 aromatic carbocycles. The number of aryl methyl sites for hydroxylation is 1. The third-order valence-corrected chi connectivity index (χ3v) is 1.03. The lowest BCUT2D eigenvalue weighted by molar-refractivity contribution is 0.0953. The number of carbonyl (C=O) groups excluding carboxylic acids is 1. The molecule has 0 bridgehead atoms. The van der Waals surface area contributed by atoms with Gasteiger partial charge in [-0.25, -0.2) is 4.98 Å². The Morgan fingerprint density at radius 1 is 1.64 bits per heavy atom. The minimum atomic E-state index is -0.274. The second-order valence-corrected chi connectivity index (χ2v) is 1.82. The number of nitrogens with one attached hydrogen (secondary N) is 2. The zero-order valence-corrected chi connectivity index (χ0v) is 7.03. The number of aromatic amines is 1. The molecule has 0 atom stereocenters. The molecule has 2 N–H and O–H groups in total. The van der Waals surface area contributed by atoms with Crippen molar-refractivity contribution < 1.29 is 4.79 Å². The second-order valence-electron chi connectivity index (χ2n) is 1.82. The standard InChI is InChI=1S/C5H8N4O.ClH/c1-3-7-4(9-8-3)5(10)6-2;/h1-2H3,(H,6,10)(H,7,8,9);1H. The van der Waals surface area contributed by atoms with Gasteiger partial charge in [0.1, 0.15) is 5.82 Å². The minimum Gasteiger partial charge on any atom is -0.352 e. The van der Waals surface area contributed by atoms with Crippen LogP contribution in [-0.2, 0) is 0 Å². The number of nitrogens with zero attached hydrogens (tertiary/aromatic N) is 2. The number of aromatic nitrogens is 3. The van der Waals surface area contributed by atoms with Gasteiger partial charge < -0.3 is 5.32 Å². The molecular formula is C5H9ClN4O. The molecule has 1 aromatic heterocycles. The van der Waals surface area contributed by atoms with Crippen LogP contribution < -0.4 is 5.32 Å². The normalized spacial score (nSPS) is 8.55. The molecule has 0 radical (unpaired) electrons. The van der Waals surface area contributed by atoms with Crippen LogP contribution >= 0.6 is 12.4 Å². The summed E-state index contributed by atoms with van der Waals surface area (Å²) in [6.07, 6.45) is 0. The van der Waals surface area contributed by atoms with Crippen molar-refractivity contribution in [2.45, 2.75) is 6.92 Å². The Hall–Kier alpha value is -1.10. The first kappa shape index (κ1) is 9.90. The van der Waals surface area contributed by atoms with E-state index in [1.54, 1.807) is 6.92 Å².